The van der Waals surface area contributed by atoms with Crippen molar-refractivity contribution in [3.8, 4) is 34.3 Å². The Hall–Kier alpha value is -6.37. The van der Waals surface area contributed by atoms with Crippen molar-refractivity contribution in [3.05, 3.63) is 127 Å². The molecule has 2 amide bonds. The van der Waals surface area contributed by atoms with Crippen LogP contribution in [0.2, 0.25) is 0 Å². The molecule has 13 heteroatoms. The molecule has 7 rings (SSSR count). The topological polar surface area (TPSA) is 151 Å². The lowest BCUT2D eigenvalue weighted by Gasteiger charge is -2.34. The highest BCUT2D eigenvalue weighted by Crippen LogP contribution is 2.32. The lowest BCUT2D eigenvalue weighted by molar-refractivity contribution is -0.128. The third kappa shape index (κ3) is 8.10. The zero-order chi connectivity index (χ0) is 35.0. The molecule has 4 aromatic heterocycles. The first-order valence-electron chi connectivity index (χ1n) is 16.9. The van der Waals surface area contributed by atoms with E-state index in [2.05, 4.69) is 35.9 Å². The van der Waals surface area contributed by atoms with E-state index >= 15 is 0 Å². The summed E-state index contributed by atoms with van der Waals surface area (Å²) in [5, 5.41) is 14.6. The van der Waals surface area contributed by atoms with E-state index in [1.54, 1.807) is 41.7 Å². The van der Waals surface area contributed by atoms with Crippen LogP contribution in [0.4, 0.5) is 0 Å². The molecular formula is C38H37N9O4. The van der Waals surface area contributed by atoms with Crippen molar-refractivity contribution >= 4 is 11.8 Å². The molecule has 0 spiro atoms. The summed E-state index contributed by atoms with van der Waals surface area (Å²) >= 11 is 0. The van der Waals surface area contributed by atoms with Crippen LogP contribution in [0.3, 0.4) is 0 Å². The maximum atomic E-state index is 13.1. The number of nitrogens with one attached hydrogen (secondary N) is 2. The molecule has 13 nitrogen and oxygen atoms in total. The first-order valence-corrected chi connectivity index (χ1v) is 16.9. The molecule has 1 aliphatic rings. The SMILES string of the molecule is CCCOc1ccccc1Oc1ncccc1CNC(=O)C1CC(NC(=O)c2cncc(-n3cc(Cn4cnc(-c5ccccc5)c4)nn3)c2)C1. The number of ether oxygens (including phenoxy) is 2. The van der Waals surface area contributed by atoms with Crippen LogP contribution in [0.5, 0.6) is 17.4 Å². The van der Waals surface area contributed by atoms with Crippen LogP contribution >= 0.6 is 0 Å². The normalized spacial score (nSPS) is 15.1. The van der Waals surface area contributed by atoms with Crippen LogP contribution < -0.4 is 20.1 Å². The Balaban J connectivity index is 0.892. The fourth-order valence-corrected chi connectivity index (χ4v) is 5.73. The summed E-state index contributed by atoms with van der Waals surface area (Å²) in [6, 6.07) is 22.7. The van der Waals surface area contributed by atoms with Gasteiger partial charge in [-0.15, -0.1) is 5.10 Å². The van der Waals surface area contributed by atoms with Crippen LogP contribution in [0.15, 0.2) is 110 Å². The number of rotatable bonds is 14. The average Bonchev–Trinajstić information content (AvgIpc) is 3.83. The molecule has 2 aromatic carbocycles. The number of nitrogens with zero attached hydrogens (tertiary/aromatic N) is 7. The summed E-state index contributed by atoms with van der Waals surface area (Å²) in [7, 11) is 0. The van der Waals surface area contributed by atoms with Crippen molar-refractivity contribution in [2.24, 2.45) is 5.92 Å². The molecule has 0 atom stereocenters. The summed E-state index contributed by atoms with van der Waals surface area (Å²) in [5.41, 5.74) is 4.40. The van der Waals surface area contributed by atoms with Gasteiger partial charge in [0.1, 0.15) is 5.69 Å². The van der Waals surface area contributed by atoms with Crippen molar-refractivity contribution in [2.75, 3.05) is 6.61 Å². The highest BCUT2D eigenvalue weighted by atomic mass is 16.5. The van der Waals surface area contributed by atoms with E-state index < -0.39 is 0 Å². The molecule has 2 N–H and O–H groups in total. The molecule has 258 valence electrons. The van der Waals surface area contributed by atoms with Gasteiger partial charge < -0.3 is 24.7 Å². The predicted octanol–water partition coefficient (Wildman–Crippen LogP) is 5.38. The molecule has 1 aliphatic carbocycles. The van der Waals surface area contributed by atoms with Gasteiger partial charge in [-0.3, -0.25) is 14.6 Å². The maximum absolute atomic E-state index is 13.1. The standard InChI is InChI=1S/C38H37N9O4/c1-2-15-50-34-12-6-7-13-35(34)51-38-27(11-8-14-40-38)20-41-36(48)28-16-30(17-28)43-37(49)29-18-32(21-39-19-29)47-23-31(44-45-47)22-46-24-33(42-25-46)26-9-4-3-5-10-26/h3-14,18-19,21,23-25,28,30H,2,15-17,20,22H2,1H3,(H,41,48)(H,43,49). The fraction of sp³-hybridized carbons (Fsp3) is 0.237. The van der Waals surface area contributed by atoms with Gasteiger partial charge in [0.05, 0.1) is 48.8 Å². The molecule has 0 aliphatic heterocycles. The minimum absolute atomic E-state index is 0.0837. The Kier molecular flexibility index (Phi) is 10.0. The van der Waals surface area contributed by atoms with Gasteiger partial charge in [-0.25, -0.2) is 14.6 Å². The van der Waals surface area contributed by atoms with Crippen LogP contribution in [0.25, 0.3) is 16.9 Å². The number of amides is 2. The Morgan fingerprint density at radius 3 is 2.61 bits per heavy atom. The molecule has 0 bridgehead atoms. The summed E-state index contributed by atoms with van der Waals surface area (Å²) in [6.07, 6.45) is 12.3. The van der Waals surface area contributed by atoms with Gasteiger partial charge in [-0.05, 0) is 43.5 Å². The molecular weight excluding hydrogens is 646 g/mol. The monoisotopic (exact) mass is 683 g/mol. The summed E-state index contributed by atoms with van der Waals surface area (Å²) in [6.45, 7) is 3.36. The fourth-order valence-electron chi connectivity index (χ4n) is 5.73. The Bertz CT molecular complexity index is 2110. The Morgan fingerprint density at radius 2 is 1.76 bits per heavy atom. The van der Waals surface area contributed by atoms with Crippen LogP contribution in [-0.2, 0) is 17.9 Å². The largest absolute Gasteiger partial charge is 0.490 e. The molecule has 1 fully saturated rings. The van der Waals surface area contributed by atoms with Crippen LogP contribution in [-0.4, -0.2) is 59.0 Å². The molecule has 0 radical (unpaired) electrons. The highest BCUT2D eigenvalue weighted by Gasteiger charge is 2.35. The number of aromatic nitrogens is 7. The third-order valence-electron chi connectivity index (χ3n) is 8.50. The zero-order valence-electron chi connectivity index (χ0n) is 28.1. The lowest BCUT2D eigenvalue weighted by atomic mass is 9.79. The molecule has 51 heavy (non-hydrogen) atoms. The molecule has 1 saturated carbocycles. The van der Waals surface area contributed by atoms with E-state index in [0.29, 0.717) is 54.6 Å². The van der Waals surface area contributed by atoms with Crippen molar-refractivity contribution in [2.45, 2.75) is 45.3 Å². The van der Waals surface area contributed by atoms with Gasteiger partial charge in [-0.1, -0.05) is 60.7 Å². The number of benzene rings is 2. The number of carbonyl (C=O) groups excluding carboxylic acids is 2. The van der Waals surface area contributed by atoms with Crippen molar-refractivity contribution in [1.82, 2.24) is 45.1 Å². The van der Waals surface area contributed by atoms with E-state index in [1.165, 1.54) is 6.20 Å². The van der Waals surface area contributed by atoms with Gasteiger partial charge >= 0.3 is 0 Å². The molecule has 4 heterocycles. The van der Waals surface area contributed by atoms with Crippen molar-refractivity contribution in [3.63, 3.8) is 0 Å². The number of imidazole rings is 1. The minimum Gasteiger partial charge on any atom is -0.490 e. The molecule has 0 unspecified atom stereocenters. The van der Waals surface area contributed by atoms with E-state index in [0.717, 1.165) is 28.9 Å². The van der Waals surface area contributed by atoms with Crippen LogP contribution in [0.1, 0.15) is 47.8 Å². The maximum Gasteiger partial charge on any atom is 0.253 e. The Labute approximate surface area is 294 Å². The third-order valence-corrected chi connectivity index (χ3v) is 8.50. The predicted molar refractivity (Wildman–Crippen MR) is 188 cm³/mol. The van der Waals surface area contributed by atoms with Gasteiger partial charge in [-0.2, -0.15) is 0 Å². The number of hydrogen-bond acceptors (Lipinski definition) is 9. The second-order valence-electron chi connectivity index (χ2n) is 12.3. The van der Waals surface area contributed by atoms with Crippen LogP contribution in [0, 0.1) is 5.92 Å². The van der Waals surface area contributed by atoms with Gasteiger partial charge in [0.2, 0.25) is 11.8 Å². The lowest BCUT2D eigenvalue weighted by Crippen LogP contribution is -2.49. The summed E-state index contributed by atoms with van der Waals surface area (Å²) < 4.78 is 15.4. The summed E-state index contributed by atoms with van der Waals surface area (Å²) in [4.78, 5) is 39.3. The minimum atomic E-state index is -0.263. The smallest absolute Gasteiger partial charge is 0.253 e. The highest BCUT2D eigenvalue weighted by molar-refractivity contribution is 5.94. The molecule has 6 aromatic rings. The van der Waals surface area contributed by atoms with Crippen molar-refractivity contribution < 1.29 is 19.1 Å². The second kappa shape index (κ2) is 15.5. The van der Waals surface area contributed by atoms with E-state index in [4.69, 9.17) is 9.47 Å². The van der Waals surface area contributed by atoms with E-state index in [1.807, 2.05) is 78.4 Å². The number of hydrogen-bond donors (Lipinski definition) is 2. The van der Waals surface area contributed by atoms with E-state index in [-0.39, 0.29) is 30.3 Å². The number of carbonyl (C=O) groups is 2. The first kappa shape index (κ1) is 33.1. The van der Waals surface area contributed by atoms with Gasteiger partial charge in [0, 0.05) is 48.2 Å². The first-order chi connectivity index (χ1) is 25.0. The zero-order valence-corrected chi connectivity index (χ0v) is 28.1. The van der Waals surface area contributed by atoms with Crippen molar-refractivity contribution in [1.29, 1.82) is 0 Å². The van der Waals surface area contributed by atoms with Gasteiger partial charge in [0.25, 0.3) is 5.91 Å². The second-order valence-corrected chi connectivity index (χ2v) is 12.3. The molecule has 0 saturated heterocycles. The average molecular weight is 684 g/mol. The van der Waals surface area contributed by atoms with E-state index in [9.17, 15) is 9.59 Å². The van der Waals surface area contributed by atoms with Gasteiger partial charge in [0.15, 0.2) is 11.5 Å². The number of pyridine rings is 2. The number of para-hydroxylation sites is 2. The summed E-state index contributed by atoms with van der Waals surface area (Å²) in [5.74, 6) is 1.04. The quantitative estimate of drug-likeness (QED) is 0.154. The Morgan fingerprint density at radius 1 is 0.941 bits per heavy atom.